The van der Waals surface area contributed by atoms with Crippen LogP contribution in [0.3, 0.4) is 0 Å². The molecule has 6 nitrogen and oxygen atoms in total. The molecule has 0 saturated carbocycles. The number of hydrogen-bond acceptors (Lipinski definition) is 5. The Hall–Kier alpha value is -3.36. The lowest BCUT2D eigenvalue weighted by atomic mass is 10.0. The van der Waals surface area contributed by atoms with E-state index in [0.29, 0.717) is 24.4 Å². The van der Waals surface area contributed by atoms with E-state index >= 15 is 0 Å². The van der Waals surface area contributed by atoms with Crippen molar-refractivity contribution in [3.05, 3.63) is 76.4 Å². The summed E-state index contributed by atoms with van der Waals surface area (Å²) in [4.78, 5) is 18.4. The highest BCUT2D eigenvalue weighted by atomic mass is 19.4. The molecular weight excluding hydrogens is 411 g/mol. The molecule has 0 radical (unpaired) electrons. The van der Waals surface area contributed by atoms with Gasteiger partial charge in [-0.15, -0.1) is 0 Å². The number of hydrogen-bond donors (Lipinski definition) is 0. The number of carbonyl (C=O) groups excluding carboxylic acids is 1. The van der Waals surface area contributed by atoms with Crippen molar-refractivity contribution in [3.63, 3.8) is 0 Å². The second kappa shape index (κ2) is 9.20. The van der Waals surface area contributed by atoms with Gasteiger partial charge in [-0.1, -0.05) is 28.9 Å². The topological polar surface area (TPSA) is 68.5 Å². The van der Waals surface area contributed by atoms with Crippen LogP contribution >= 0.6 is 0 Å². The van der Waals surface area contributed by atoms with Gasteiger partial charge in [0.15, 0.2) is 12.4 Å². The number of benzene rings is 2. The lowest BCUT2D eigenvalue weighted by molar-refractivity contribution is -0.137. The molecule has 3 aromatic rings. The van der Waals surface area contributed by atoms with Gasteiger partial charge in [-0.25, -0.2) is 0 Å². The lowest BCUT2D eigenvalue weighted by Crippen LogP contribution is -2.29. The van der Waals surface area contributed by atoms with Crippen LogP contribution in [0.2, 0.25) is 0 Å². The van der Waals surface area contributed by atoms with Gasteiger partial charge < -0.3 is 14.2 Å². The summed E-state index contributed by atoms with van der Waals surface area (Å²) in [5.41, 5.74) is 1.83. The second-order valence-electron chi connectivity index (χ2n) is 7.21. The van der Waals surface area contributed by atoms with Crippen LogP contribution in [0.4, 0.5) is 13.2 Å². The van der Waals surface area contributed by atoms with Crippen LogP contribution in [0.1, 0.15) is 38.8 Å². The number of carbonyl (C=O) groups is 1. The van der Waals surface area contributed by atoms with E-state index in [9.17, 15) is 18.0 Å². The fraction of sp³-hybridized carbons (Fsp3) is 0.318. The van der Waals surface area contributed by atoms with Gasteiger partial charge in [0, 0.05) is 25.6 Å². The molecule has 1 amide bonds. The molecular formula is C22H22F3N3O3. The Kier molecular flexibility index (Phi) is 6.62. The number of aryl methyl sites for hydroxylation is 2. The van der Waals surface area contributed by atoms with E-state index in [1.165, 1.54) is 12.1 Å². The van der Waals surface area contributed by atoms with Crippen LogP contribution in [-0.4, -0.2) is 34.5 Å². The number of halogens is 3. The molecule has 1 aromatic heterocycles. The summed E-state index contributed by atoms with van der Waals surface area (Å²) in [5.74, 6) is 0.459. The maximum atomic E-state index is 12.8. The summed E-state index contributed by atoms with van der Waals surface area (Å²) < 4.78 is 48.7. The SMILES string of the molecule is Cc1ccc(C(=O)N(C)CCc2noc(COc3cccc(C(F)(F)F)c3)n2)c(C)c1. The molecule has 9 heteroatoms. The van der Waals surface area contributed by atoms with E-state index in [-0.39, 0.29) is 24.2 Å². The van der Waals surface area contributed by atoms with E-state index in [1.54, 1.807) is 18.0 Å². The Morgan fingerprint density at radius 1 is 1.16 bits per heavy atom. The summed E-state index contributed by atoms with van der Waals surface area (Å²) >= 11 is 0. The van der Waals surface area contributed by atoms with Crippen molar-refractivity contribution >= 4 is 5.91 Å². The van der Waals surface area contributed by atoms with E-state index in [2.05, 4.69) is 10.1 Å². The highest BCUT2D eigenvalue weighted by Crippen LogP contribution is 2.31. The molecule has 1 heterocycles. The van der Waals surface area contributed by atoms with Gasteiger partial charge in [-0.2, -0.15) is 18.2 Å². The van der Waals surface area contributed by atoms with Crippen LogP contribution in [-0.2, 0) is 19.2 Å². The van der Waals surface area contributed by atoms with Crippen molar-refractivity contribution < 1.29 is 27.2 Å². The molecule has 0 spiro atoms. The standard InChI is InChI=1S/C22H22F3N3O3/c1-14-7-8-18(15(2)11-14)21(29)28(3)10-9-19-26-20(31-27-19)13-30-17-6-4-5-16(12-17)22(23,24)25/h4-8,11-12H,9-10,13H2,1-3H3. The molecule has 0 aliphatic rings. The largest absolute Gasteiger partial charge is 0.484 e. The average molecular weight is 433 g/mol. The fourth-order valence-electron chi connectivity index (χ4n) is 2.99. The van der Waals surface area contributed by atoms with Gasteiger partial charge >= 0.3 is 6.18 Å². The first kappa shape index (κ1) is 22.3. The van der Waals surface area contributed by atoms with Crippen LogP contribution in [0.5, 0.6) is 5.75 Å². The van der Waals surface area contributed by atoms with Gasteiger partial charge in [0.1, 0.15) is 5.75 Å². The maximum absolute atomic E-state index is 12.8. The molecule has 0 atom stereocenters. The van der Waals surface area contributed by atoms with E-state index in [0.717, 1.165) is 23.3 Å². The average Bonchev–Trinajstić information content (AvgIpc) is 3.17. The smallest absolute Gasteiger partial charge is 0.416 e. The van der Waals surface area contributed by atoms with Crippen molar-refractivity contribution in [2.75, 3.05) is 13.6 Å². The maximum Gasteiger partial charge on any atom is 0.416 e. The van der Waals surface area contributed by atoms with Gasteiger partial charge in [-0.05, 0) is 43.7 Å². The van der Waals surface area contributed by atoms with Crippen LogP contribution in [0.15, 0.2) is 47.0 Å². The van der Waals surface area contributed by atoms with Crippen molar-refractivity contribution in [2.24, 2.45) is 0 Å². The van der Waals surface area contributed by atoms with Crippen LogP contribution in [0, 0.1) is 13.8 Å². The van der Waals surface area contributed by atoms with Gasteiger partial charge in [0.2, 0.25) is 0 Å². The summed E-state index contributed by atoms with van der Waals surface area (Å²) in [6.45, 7) is 4.07. The first-order valence-corrected chi connectivity index (χ1v) is 9.57. The minimum Gasteiger partial charge on any atom is -0.484 e. The van der Waals surface area contributed by atoms with Crippen molar-refractivity contribution in [1.82, 2.24) is 15.0 Å². The van der Waals surface area contributed by atoms with Crippen molar-refractivity contribution in [2.45, 2.75) is 33.1 Å². The Morgan fingerprint density at radius 2 is 1.94 bits per heavy atom. The van der Waals surface area contributed by atoms with Gasteiger partial charge in [-0.3, -0.25) is 4.79 Å². The summed E-state index contributed by atoms with van der Waals surface area (Å²) in [7, 11) is 1.69. The van der Waals surface area contributed by atoms with Gasteiger partial charge in [0.05, 0.1) is 5.56 Å². The molecule has 31 heavy (non-hydrogen) atoms. The normalized spacial score (nSPS) is 11.4. The zero-order valence-corrected chi connectivity index (χ0v) is 17.4. The molecule has 0 saturated heterocycles. The highest BCUT2D eigenvalue weighted by molar-refractivity contribution is 5.95. The molecule has 0 N–H and O–H groups in total. The summed E-state index contributed by atoms with van der Waals surface area (Å²) in [6.07, 6.45) is -4.09. The minimum atomic E-state index is -4.45. The second-order valence-corrected chi connectivity index (χ2v) is 7.21. The quantitative estimate of drug-likeness (QED) is 0.545. The molecule has 0 aliphatic carbocycles. The van der Waals surface area contributed by atoms with E-state index < -0.39 is 11.7 Å². The Labute approximate surface area is 177 Å². The number of likely N-dealkylation sites (N-methyl/N-ethyl adjacent to an activating group) is 1. The van der Waals surface area contributed by atoms with Crippen molar-refractivity contribution in [3.8, 4) is 5.75 Å². The molecule has 3 rings (SSSR count). The number of ether oxygens (including phenoxy) is 1. The molecule has 0 fully saturated rings. The predicted octanol–water partition coefficient (Wildman–Crippen LogP) is 4.60. The number of rotatable bonds is 7. The fourth-order valence-corrected chi connectivity index (χ4v) is 2.99. The number of alkyl halides is 3. The monoisotopic (exact) mass is 433 g/mol. The molecule has 0 aliphatic heterocycles. The predicted molar refractivity (Wildman–Crippen MR) is 107 cm³/mol. The lowest BCUT2D eigenvalue weighted by Gasteiger charge is -2.17. The third-order valence-electron chi connectivity index (χ3n) is 4.66. The van der Waals surface area contributed by atoms with Crippen LogP contribution < -0.4 is 4.74 Å². The zero-order chi connectivity index (χ0) is 22.6. The Bertz CT molecular complexity index is 1060. The van der Waals surface area contributed by atoms with Gasteiger partial charge in [0.25, 0.3) is 11.8 Å². The number of amides is 1. The Morgan fingerprint density at radius 3 is 2.65 bits per heavy atom. The number of nitrogens with zero attached hydrogens (tertiary/aromatic N) is 3. The third-order valence-corrected chi connectivity index (χ3v) is 4.66. The molecule has 0 bridgehead atoms. The third kappa shape index (κ3) is 5.84. The Balaban J connectivity index is 1.54. The highest BCUT2D eigenvalue weighted by Gasteiger charge is 2.30. The summed E-state index contributed by atoms with van der Waals surface area (Å²) in [6, 6.07) is 10.2. The zero-order valence-electron chi connectivity index (χ0n) is 17.4. The van der Waals surface area contributed by atoms with E-state index in [1.807, 2.05) is 26.0 Å². The summed E-state index contributed by atoms with van der Waals surface area (Å²) in [5, 5.41) is 3.83. The first-order valence-electron chi connectivity index (χ1n) is 9.57. The molecule has 0 unspecified atom stereocenters. The van der Waals surface area contributed by atoms with Crippen molar-refractivity contribution in [1.29, 1.82) is 0 Å². The molecule has 164 valence electrons. The molecule has 2 aromatic carbocycles. The number of aromatic nitrogens is 2. The minimum absolute atomic E-state index is 0.0494. The van der Waals surface area contributed by atoms with Crippen LogP contribution in [0.25, 0.3) is 0 Å². The first-order chi connectivity index (χ1) is 14.6. The van der Waals surface area contributed by atoms with E-state index in [4.69, 9.17) is 9.26 Å².